The average molecular weight is 364 g/mol. The maximum Gasteiger partial charge on any atom is 0.245 e. The number of anilines is 1. The number of aryl methyl sites for hydroxylation is 1. The predicted molar refractivity (Wildman–Crippen MR) is 99.9 cm³/mol. The summed E-state index contributed by atoms with van der Waals surface area (Å²) in [4.78, 5) is 13.1. The third kappa shape index (κ3) is 3.15. The van der Waals surface area contributed by atoms with Crippen LogP contribution in [-0.2, 0) is 12.0 Å². The minimum Gasteiger partial charge on any atom is -0.443 e. The number of aliphatic hydroxyl groups is 1. The lowest BCUT2D eigenvalue weighted by Crippen LogP contribution is -2.15. The molecule has 0 spiro atoms. The fourth-order valence-corrected chi connectivity index (χ4v) is 2.95. The second-order valence-electron chi connectivity index (χ2n) is 6.98. The summed E-state index contributed by atoms with van der Waals surface area (Å²) in [6.45, 7) is 5.41. The van der Waals surface area contributed by atoms with Crippen molar-refractivity contribution in [3.05, 3.63) is 59.2 Å². The van der Waals surface area contributed by atoms with E-state index in [2.05, 4.69) is 20.1 Å². The summed E-state index contributed by atoms with van der Waals surface area (Å²) in [5, 5.41) is 14.5. The van der Waals surface area contributed by atoms with E-state index in [1.165, 1.54) is 10.8 Å². The molecule has 8 nitrogen and oxygen atoms in total. The molecule has 4 rings (SSSR count). The molecule has 3 N–H and O–H groups in total. The Balaban J connectivity index is 1.70. The molecular weight excluding hydrogens is 344 g/mol. The Kier molecular flexibility index (Phi) is 3.92. The SMILES string of the molecule is Cc1c(-c2ncco2)nc(N)n2nc(Cc3ccc(C(C)(C)O)cc3)nc12. The molecule has 4 aromatic rings. The lowest BCUT2D eigenvalue weighted by Gasteiger charge is -2.17. The van der Waals surface area contributed by atoms with Gasteiger partial charge in [0.15, 0.2) is 11.5 Å². The maximum atomic E-state index is 10.1. The number of rotatable bonds is 4. The summed E-state index contributed by atoms with van der Waals surface area (Å²) in [5.41, 5.74) is 9.06. The zero-order chi connectivity index (χ0) is 19.2. The fourth-order valence-electron chi connectivity index (χ4n) is 2.95. The Bertz CT molecular complexity index is 1090. The van der Waals surface area contributed by atoms with Gasteiger partial charge in [0, 0.05) is 12.0 Å². The van der Waals surface area contributed by atoms with E-state index in [1.54, 1.807) is 20.0 Å². The van der Waals surface area contributed by atoms with Crippen molar-refractivity contribution in [1.82, 2.24) is 24.6 Å². The van der Waals surface area contributed by atoms with E-state index in [9.17, 15) is 5.11 Å². The van der Waals surface area contributed by atoms with E-state index in [1.807, 2.05) is 31.2 Å². The van der Waals surface area contributed by atoms with Crippen molar-refractivity contribution in [2.45, 2.75) is 32.8 Å². The molecule has 27 heavy (non-hydrogen) atoms. The topological polar surface area (TPSA) is 115 Å². The molecular formula is C19H20N6O2. The van der Waals surface area contributed by atoms with Crippen LogP contribution >= 0.6 is 0 Å². The van der Waals surface area contributed by atoms with E-state index in [4.69, 9.17) is 10.2 Å². The average Bonchev–Trinajstić information content (AvgIpc) is 3.28. The Morgan fingerprint density at radius 1 is 1.19 bits per heavy atom. The molecule has 0 unspecified atom stereocenters. The Hall–Kier alpha value is -3.26. The first kappa shape index (κ1) is 17.2. The number of nitrogen functional groups attached to an aromatic ring is 1. The van der Waals surface area contributed by atoms with Crippen molar-refractivity contribution in [2.24, 2.45) is 0 Å². The smallest absolute Gasteiger partial charge is 0.245 e. The minimum absolute atomic E-state index is 0.222. The van der Waals surface area contributed by atoms with E-state index >= 15 is 0 Å². The first-order valence-electron chi connectivity index (χ1n) is 8.56. The highest BCUT2D eigenvalue weighted by Gasteiger charge is 2.18. The van der Waals surface area contributed by atoms with Gasteiger partial charge in [0.2, 0.25) is 11.8 Å². The van der Waals surface area contributed by atoms with Crippen LogP contribution in [-0.4, -0.2) is 29.7 Å². The monoisotopic (exact) mass is 364 g/mol. The van der Waals surface area contributed by atoms with Crippen LogP contribution < -0.4 is 5.73 Å². The van der Waals surface area contributed by atoms with Crippen LogP contribution in [0.4, 0.5) is 5.95 Å². The third-order valence-corrected chi connectivity index (χ3v) is 4.44. The number of hydrogen-bond acceptors (Lipinski definition) is 7. The standard InChI is InChI=1S/C19H20N6O2/c1-11-15(17-21-8-9-27-17)23-18(20)25-16(11)22-14(24-25)10-12-4-6-13(7-5-12)19(2,3)26/h4-9,26H,10H2,1-3H3,(H2,20,23). The second kappa shape index (κ2) is 6.17. The van der Waals surface area contributed by atoms with Gasteiger partial charge in [0.25, 0.3) is 0 Å². The lowest BCUT2D eigenvalue weighted by molar-refractivity contribution is 0.0786. The van der Waals surface area contributed by atoms with Gasteiger partial charge < -0.3 is 15.3 Å². The highest BCUT2D eigenvalue weighted by atomic mass is 16.3. The Morgan fingerprint density at radius 2 is 1.93 bits per heavy atom. The number of benzene rings is 1. The van der Waals surface area contributed by atoms with Crippen LogP contribution in [0.1, 0.15) is 36.4 Å². The largest absolute Gasteiger partial charge is 0.443 e. The summed E-state index contributed by atoms with van der Waals surface area (Å²) in [7, 11) is 0. The molecule has 1 aromatic carbocycles. The molecule has 0 radical (unpaired) electrons. The van der Waals surface area contributed by atoms with E-state index in [-0.39, 0.29) is 5.95 Å². The first-order valence-corrected chi connectivity index (χ1v) is 8.56. The molecule has 0 aliphatic rings. The van der Waals surface area contributed by atoms with Gasteiger partial charge in [-0.1, -0.05) is 24.3 Å². The number of hydrogen-bond donors (Lipinski definition) is 2. The minimum atomic E-state index is -0.868. The number of oxazole rings is 1. The third-order valence-electron chi connectivity index (χ3n) is 4.44. The van der Waals surface area contributed by atoms with Crippen LogP contribution in [0.5, 0.6) is 0 Å². The summed E-state index contributed by atoms with van der Waals surface area (Å²) >= 11 is 0. The van der Waals surface area contributed by atoms with Gasteiger partial charge in [-0.2, -0.15) is 4.52 Å². The van der Waals surface area contributed by atoms with Crippen LogP contribution in [0.3, 0.4) is 0 Å². The van der Waals surface area contributed by atoms with Gasteiger partial charge in [0.05, 0.1) is 11.8 Å². The van der Waals surface area contributed by atoms with Crippen molar-refractivity contribution >= 4 is 11.6 Å². The van der Waals surface area contributed by atoms with Gasteiger partial charge in [0.1, 0.15) is 12.0 Å². The molecule has 0 aliphatic heterocycles. The van der Waals surface area contributed by atoms with E-state index in [0.717, 1.165) is 16.7 Å². The highest BCUT2D eigenvalue weighted by molar-refractivity contribution is 5.65. The van der Waals surface area contributed by atoms with E-state index < -0.39 is 5.60 Å². The molecule has 0 amide bonds. The van der Waals surface area contributed by atoms with Gasteiger partial charge in [-0.05, 0) is 31.9 Å². The van der Waals surface area contributed by atoms with Gasteiger partial charge in [-0.3, -0.25) is 0 Å². The zero-order valence-electron chi connectivity index (χ0n) is 15.3. The summed E-state index contributed by atoms with van der Waals surface area (Å²) in [6.07, 6.45) is 3.59. The second-order valence-corrected chi connectivity index (χ2v) is 6.98. The van der Waals surface area contributed by atoms with Crippen LogP contribution in [0.2, 0.25) is 0 Å². The molecule has 0 aliphatic carbocycles. The van der Waals surface area contributed by atoms with Crippen molar-refractivity contribution in [3.63, 3.8) is 0 Å². The number of aromatic nitrogens is 5. The van der Waals surface area contributed by atoms with Crippen molar-refractivity contribution in [3.8, 4) is 11.6 Å². The number of fused-ring (bicyclic) bond motifs is 1. The molecule has 3 heterocycles. The quantitative estimate of drug-likeness (QED) is 0.571. The molecule has 138 valence electrons. The summed E-state index contributed by atoms with van der Waals surface area (Å²) < 4.78 is 6.87. The fraction of sp³-hybridized carbons (Fsp3) is 0.263. The highest BCUT2D eigenvalue weighted by Crippen LogP contribution is 2.25. The van der Waals surface area contributed by atoms with E-state index in [0.29, 0.717) is 29.5 Å². The van der Waals surface area contributed by atoms with Crippen molar-refractivity contribution < 1.29 is 9.52 Å². The molecule has 8 heteroatoms. The van der Waals surface area contributed by atoms with Crippen LogP contribution in [0.25, 0.3) is 17.2 Å². The molecule has 0 saturated heterocycles. The Morgan fingerprint density at radius 3 is 2.56 bits per heavy atom. The summed E-state index contributed by atoms with van der Waals surface area (Å²) in [6, 6.07) is 7.75. The molecule has 0 bridgehead atoms. The summed E-state index contributed by atoms with van der Waals surface area (Å²) in [5.74, 6) is 1.25. The zero-order valence-corrected chi connectivity index (χ0v) is 15.3. The van der Waals surface area contributed by atoms with Gasteiger partial charge in [-0.25, -0.2) is 15.0 Å². The number of nitrogens with zero attached hydrogens (tertiary/aromatic N) is 5. The first-order chi connectivity index (χ1) is 12.8. The molecule has 3 aromatic heterocycles. The maximum absolute atomic E-state index is 10.1. The van der Waals surface area contributed by atoms with Crippen LogP contribution in [0.15, 0.2) is 41.1 Å². The van der Waals surface area contributed by atoms with Crippen molar-refractivity contribution in [2.75, 3.05) is 5.73 Å². The van der Waals surface area contributed by atoms with Gasteiger partial charge in [-0.15, -0.1) is 5.10 Å². The number of nitrogens with two attached hydrogens (primary N) is 1. The molecule has 0 saturated carbocycles. The Labute approximate surface area is 155 Å². The molecule has 0 atom stereocenters. The molecule has 0 fully saturated rings. The van der Waals surface area contributed by atoms with Crippen LogP contribution in [0, 0.1) is 6.92 Å². The normalized spacial score (nSPS) is 12.0. The van der Waals surface area contributed by atoms with Crippen molar-refractivity contribution in [1.29, 1.82) is 0 Å². The van der Waals surface area contributed by atoms with Gasteiger partial charge >= 0.3 is 0 Å². The predicted octanol–water partition coefficient (Wildman–Crippen LogP) is 2.49. The lowest BCUT2D eigenvalue weighted by atomic mass is 9.97.